The number of aromatic nitrogens is 3. The van der Waals surface area contributed by atoms with Gasteiger partial charge in [-0.3, -0.25) is 4.98 Å². The summed E-state index contributed by atoms with van der Waals surface area (Å²) >= 11 is 1.84. The molecule has 4 heterocycles. The Morgan fingerprint density at radius 1 is 0.393 bits per heavy atom. The van der Waals surface area contributed by atoms with Crippen molar-refractivity contribution in [3.63, 3.8) is 0 Å². The third-order valence-electron chi connectivity index (χ3n) is 10.6. The second-order valence-corrected chi connectivity index (χ2v) is 15.0. The molecule has 0 bridgehead atoms. The minimum absolute atomic E-state index is 0.661. The maximum absolute atomic E-state index is 6.76. The van der Waals surface area contributed by atoms with E-state index in [4.69, 9.17) is 14.4 Å². The van der Waals surface area contributed by atoms with Crippen LogP contribution < -0.4 is 0 Å². The number of thiophene rings is 1. The van der Waals surface area contributed by atoms with Crippen LogP contribution in [-0.4, -0.2) is 15.0 Å². The third kappa shape index (κ3) is 5.40. The van der Waals surface area contributed by atoms with Crippen LogP contribution in [0.3, 0.4) is 0 Å². The molecule has 11 rings (SSSR count). The minimum atomic E-state index is 0.661. The molecule has 4 aromatic heterocycles. The van der Waals surface area contributed by atoms with Gasteiger partial charge in [0.25, 0.3) is 0 Å². The standard InChI is InChI=1S/C51H31N3OS/c1-2-13-33(14-3-1)43-31-44(37-16-5-4-15-36(37)42-20-10-11-30-52-42)54-51(53-43)34-26-24-32(25-27-34)35-28-29-39(50-49(35)40-17-6-8-21-45(40)55-50)38-19-12-23-47-48(38)41-18-7-9-22-46(41)56-47/h1-31H. The van der Waals surface area contributed by atoms with E-state index in [1.807, 2.05) is 66.1 Å². The highest BCUT2D eigenvalue weighted by molar-refractivity contribution is 7.25. The molecule has 0 aliphatic carbocycles. The highest BCUT2D eigenvalue weighted by atomic mass is 32.1. The molecule has 262 valence electrons. The van der Waals surface area contributed by atoms with E-state index >= 15 is 0 Å². The Bertz CT molecular complexity index is 3240. The molecule has 11 aromatic rings. The molecule has 56 heavy (non-hydrogen) atoms. The summed E-state index contributed by atoms with van der Waals surface area (Å²) in [5.74, 6) is 0.661. The number of benzene rings is 7. The molecule has 0 radical (unpaired) electrons. The predicted molar refractivity (Wildman–Crippen MR) is 233 cm³/mol. The summed E-state index contributed by atoms with van der Waals surface area (Å²) in [5, 5.41) is 4.75. The van der Waals surface area contributed by atoms with E-state index in [9.17, 15) is 0 Å². The molecular formula is C51H31N3OS. The molecule has 4 nitrogen and oxygen atoms in total. The maximum atomic E-state index is 6.76. The largest absolute Gasteiger partial charge is 0.455 e. The van der Waals surface area contributed by atoms with Crippen LogP contribution in [0.25, 0.3) is 110 Å². The van der Waals surface area contributed by atoms with Crippen LogP contribution in [0.1, 0.15) is 0 Å². The Labute approximate surface area is 327 Å². The topological polar surface area (TPSA) is 51.8 Å². The first-order valence-corrected chi connectivity index (χ1v) is 19.5. The van der Waals surface area contributed by atoms with Crippen molar-refractivity contribution in [2.45, 2.75) is 0 Å². The zero-order valence-corrected chi connectivity index (χ0v) is 30.9. The summed E-state index contributed by atoms with van der Waals surface area (Å²) in [5.41, 5.74) is 12.9. The van der Waals surface area contributed by atoms with Crippen molar-refractivity contribution >= 4 is 53.4 Å². The number of fused-ring (bicyclic) bond motifs is 6. The Kier molecular flexibility index (Phi) is 7.64. The lowest BCUT2D eigenvalue weighted by molar-refractivity contribution is 0.670. The van der Waals surface area contributed by atoms with Gasteiger partial charge in [-0.1, -0.05) is 140 Å². The lowest BCUT2D eigenvalue weighted by Crippen LogP contribution is -1.97. The van der Waals surface area contributed by atoms with Gasteiger partial charge in [-0.25, -0.2) is 9.97 Å². The van der Waals surface area contributed by atoms with Crippen LogP contribution in [0.15, 0.2) is 193 Å². The van der Waals surface area contributed by atoms with Crippen molar-refractivity contribution in [2.24, 2.45) is 0 Å². The number of rotatable bonds is 6. The first kappa shape index (κ1) is 32.2. The molecule has 0 saturated heterocycles. The van der Waals surface area contributed by atoms with Crippen molar-refractivity contribution < 1.29 is 4.42 Å². The van der Waals surface area contributed by atoms with Gasteiger partial charge in [0.05, 0.1) is 17.1 Å². The monoisotopic (exact) mass is 733 g/mol. The van der Waals surface area contributed by atoms with Gasteiger partial charge in [-0.05, 0) is 59.2 Å². The number of furan rings is 1. The van der Waals surface area contributed by atoms with E-state index < -0.39 is 0 Å². The number of para-hydroxylation sites is 1. The Hall–Kier alpha value is -7.21. The van der Waals surface area contributed by atoms with Crippen LogP contribution in [0.5, 0.6) is 0 Å². The van der Waals surface area contributed by atoms with Gasteiger partial charge in [0.15, 0.2) is 5.82 Å². The van der Waals surface area contributed by atoms with Crippen LogP contribution in [-0.2, 0) is 0 Å². The molecular weight excluding hydrogens is 703 g/mol. The molecule has 0 amide bonds. The van der Waals surface area contributed by atoms with E-state index in [0.717, 1.165) is 78.0 Å². The van der Waals surface area contributed by atoms with Gasteiger partial charge in [-0.2, -0.15) is 0 Å². The van der Waals surface area contributed by atoms with Crippen LogP contribution in [0.4, 0.5) is 0 Å². The van der Waals surface area contributed by atoms with Crippen molar-refractivity contribution in [1.82, 2.24) is 15.0 Å². The van der Waals surface area contributed by atoms with Gasteiger partial charge < -0.3 is 4.42 Å². The zero-order chi connectivity index (χ0) is 37.0. The number of pyridine rings is 1. The predicted octanol–water partition coefficient (Wildman–Crippen LogP) is 14.1. The molecule has 0 N–H and O–H groups in total. The summed E-state index contributed by atoms with van der Waals surface area (Å²) in [6.07, 6.45) is 1.83. The van der Waals surface area contributed by atoms with Crippen molar-refractivity contribution in [2.75, 3.05) is 0 Å². The molecule has 0 atom stereocenters. The Morgan fingerprint density at radius 2 is 1.05 bits per heavy atom. The maximum Gasteiger partial charge on any atom is 0.160 e. The first-order chi connectivity index (χ1) is 27.8. The molecule has 0 aliphatic heterocycles. The normalized spacial score (nSPS) is 11.6. The smallest absolute Gasteiger partial charge is 0.160 e. The third-order valence-corrected chi connectivity index (χ3v) is 11.7. The fourth-order valence-electron chi connectivity index (χ4n) is 8.00. The summed E-state index contributed by atoms with van der Waals surface area (Å²) in [4.78, 5) is 15.0. The van der Waals surface area contributed by atoms with Crippen LogP contribution >= 0.6 is 11.3 Å². The van der Waals surface area contributed by atoms with Crippen molar-refractivity contribution in [3.8, 4) is 67.4 Å². The lowest BCUT2D eigenvalue weighted by atomic mass is 9.92. The van der Waals surface area contributed by atoms with Gasteiger partial charge in [0, 0.05) is 65.0 Å². The average Bonchev–Trinajstić information content (AvgIpc) is 3.86. The molecule has 0 fully saturated rings. The van der Waals surface area contributed by atoms with Gasteiger partial charge in [0.2, 0.25) is 0 Å². The second kappa shape index (κ2) is 13.3. The summed E-state index contributed by atoms with van der Waals surface area (Å²) < 4.78 is 9.32. The SMILES string of the molecule is c1ccc(-c2cc(-c3ccccc3-c3ccccn3)nc(-c3ccc(-c4ccc(-c5cccc6sc7ccccc7c56)c5oc6ccccc6c45)cc3)n2)cc1. The van der Waals surface area contributed by atoms with E-state index in [2.05, 4.69) is 138 Å². The van der Waals surface area contributed by atoms with Gasteiger partial charge in [0.1, 0.15) is 11.2 Å². The molecule has 0 aliphatic rings. The first-order valence-electron chi connectivity index (χ1n) is 18.7. The highest BCUT2D eigenvalue weighted by Crippen LogP contribution is 2.46. The van der Waals surface area contributed by atoms with Crippen LogP contribution in [0, 0.1) is 0 Å². The van der Waals surface area contributed by atoms with Crippen molar-refractivity contribution in [3.05, 3.63) is 188 Å². The number of nitrogens with zero attached hydrogens (tertiary/aromatic N) is 3. The van der Waals surface area contributed by atoms with Gasteiger partial charge in [-0.15, -0.1) is 11.3 Å². The number of hydrogen-bond donors (Lipinski definition) is 0. The Balaban J connectivity index is 1.06. The molecule has 0 unspecified atom stereocenters. The Morgan fingerprint density at radius 3 is 1.89 bits per heavy atom. The summed E-state index contributed by atoms with van der Waals surface area (Å²) in [6, 6.07) is 63.4. The summed E-state index contributed by atoms with van der Waals surface area (Å²) in [7, 11) is 0. The van der Waals surface area contributed by atoms with Crippen molar-refractivity contribution in [1.29, 1.82) is 0 Å². The molecule has 0 saturated carbocycles. The average molecular weight is 734 g/mol. The quantitative estimate of drug-likeness (QED) is 0.171. The highest BCUT2D eigenvalue weighted by Gasteiger charge is 2.20. The van der Waals surface area contributed by atoms with Gasteiger partial charge >= 0.3 is 0 Å². The molecule has 7 aromatic carbocycles. The van der Waals surface area contributed by atoms with Crippen LogP contribution in [0.2, 0.25) is 0 Å². The van der Waals surface area contributed by atoms with E-state index in [-0.39, 0.29) is 0 Å². The van der Waals surface area contributed by atoms with E-state index in [0.29, 0.717) is 5.82 Å². The fourth-order valence-corrected chi connectivity index (χ4v) is 9.13. The lowest BCUT2D eigenvalue weighted by Gasteiger charge is -2.13. The minimum Gasteiger partial charge on any atom is -0.455 e. The fraction of sp³-hybridized carbons (Fsp3) is 0. The molecule has 0 spiro atoms. The van der Waals surface area contributed by atoms with E-state index in [1.165, 1.54) is 25.7 Å². The second-order valence-electron chi connectivity index (χ2n) is 13.9. The molecule has 5 heteroatoms. The number of hydrogen-bond acceptors (Lipinski definition) is 5. The zero-order valence-electron chi connectivity index (χ0n) is 30.1. The summed E-state index contributed by atoms with van der Waals surface area (Å²) in [6.45, 7) is 0. The van der Waals surface area contributed by atoms with E-state index in [1.54, 1.807) is 0 Å².